The average Bonchev–Trinajstić information content (AvgIpc) is 3.13. The molecule has 2 aromatic rings. The molecule has 2 atom stereocenters. The molecule has 10 nitrogen and oxygen atoms in total. The van der Waals surface area contributed by atoms with E-state index in [1.165, 1.54) is 7.11 Å². The Hall–Kier alpha value is -3.49. The number of aliphatic hydroxyl groups is 1. The van der Waals surface area contributed by atoms with Gasteiger partial charge in [0.15, 0.2) is 0 Å². The number of carbonyl (C=O) groups excluding carboxylic acids is 3. The van der Waals surface area contributed by atoms with Crippen molar-refractivity contribution in [1.29, 1.82) is 5.53 Å². The molecule has 0 bridgehead atoms. The lowest BCUT2D eigenvalue weighted by Gasteiger charge is -2.20. The maximum absolute atomic E-state index is 12.6. The van der Waals surface area contributed by atoms with Crippen LogP contribution in [0.2, 0.25) is 0 Å². The third-order valence-corrected chi connectivity index (χ3v) is 4.53. The van der Waals surface area contributed by atoms with Crippen molar-refractivity contribution in [3.8, 4) is 5.75 Å². The Morgan fingerprint density at radius 2 is 2.06 bits per heavy atom. The molecule has 4 N–H and O–H groups in total. The number of fused-ring (bicyclic) bond motifs is 1. The molecule has 10 heteroatoms. The van der Waals surface area contributed by atoms with Crippen molar-refractivity contribution in [3.05, 3.63) is 30.0 Å². The predicted octanol–water partition coefficient (Wildman–Crippen LogP) is 1.18. The highest BCUT2D eigenvalue weighted by molar-refractivity contribution is 6.25. The first-order chi connectivity index (χ1) is 14.8. The molecule has 1 amide bonds. The summed E-state index contributed by atoms with van der Waals surface area (Å²) in [5.41, 5.74) is 8.17. The van der Waals surface area contributed by atoms with Crippen molar-refractivity contribution in [3.63, 3.8) is 0 Å². The Balaban J connectivity index is 2.11. The van der Waals surface area contributed by atoms with Crippen LogP contribution in [0.5, 0.6) is 5.75 Å². The van der Waals surface area contributed by atoms with Crippen LogP contribution in [0.15, 0.2) is 24.4 Å². The highest BCUT2D eigenvalue weighted by Crippen LogP contribution is 2.29. The van der Waals surface area contributed by atoms with E-state index in [2.05, 4.69) is 15.1 Å². The zero-order valence-corrected chi connectivity index (χ0v) is 17.7. The molecule has 0 aliphatic carbocycles. The quantitative estimate of drug-likeness (QED) is 0.181. The summed E-state index contributed by atoms with van der Waals surface area (Å²) in [5.74, 6) is -1.33. The van der Waals surface area contributed by atoms with Gasteiger partial charge in [-0.1, -0.05) is 6.07 Å². The molecule has 1 aromatic carbocycles. The topological polar surface area (TPSA) is 156 Å². The smallest absolute Gasteiger partial charge is 0.372 e. The molecule has 0 fully saturated rings. The zero-order chi connectivity index (χ0) is 23.0. The summed E-state index contributed by atoms with van der Waals surface area (Å²) in [6.07, 6.45) is 0.484. The summed E-state index contributed by atoms with van der Waals surface area (Å²) in [4.78, 5) is 42.5. The summed E-state index contributed by atoms with van der Waals surface area (Å²) in [5, 5.41) is 13.7. The molecule has 0 aliphatic heterocycles. The van der Waals surface area contributed by atoms with Crippen molar-refractivity contribution >= 4 is 34.8 Å². The van der Waals surface area contributed by atoms with E-state index in [-0.39, 0.29) is 19.3 Å². The number of ketones is 1. The molecule has 0 radical (unpaired) electrons. The van der Waals surface area contributed by atoms with Crippen LogP contribution in [-0.4, -0.2) is 64.1 Å². The van der Waals surface area contributed by atoms with Gasteiger partial charge in [-0.3, -0.25) is 9.59 Å². The minimum absolute atomic E-state index is 0.0113. The number of rotatable bonds is 11. The van der Waals surface area contributed by atoms with Gasteiger partial charge in [0.05, 0.1) is 23.5 Å². The van der Waals surface area contributed by atoms with Gasteiger partial charge in [-0.25, -0.2) is 4.79 Å². The lowest BCUT2D eigenvalue weighted by Crippen LogP contribution is -2.47. The summed E-state index contributed by atoms with van der Waals surface area (Å²) in [6, 6.07) is 4.33. The lowest BCUT2D eigenvalue weighted by molar-refractivity contribution is -0.152. The van der Waals surface area contributed by atoms with Gasteiger partial charge < -0.3 is 24.9 Å². The number of aliphatic hydroxyl groups excluding tert-OH is 1. The van der Waals surface area contributed by atoms with Gasteiger partial charge in [0.2, 0.25) is 11.7 Å². The Morgan fingerprint density at radius 3 is 2.71 bits per heavy atom. The largest absolute Gasteiger partial charge is 0.496 e. The summed E-state index contributed by atoms with van der Waals surface area (Å²) in [7, 11) is 1.53. The number of amides is 1. The molecular formula is C21H27N4O6+. The number of methoxy groups -OCH3 is 1. The van der Waals surface area contributed by atoms with E-state index in [1.807, 2.05) is 12.1 Å². The predicted molar refractivity (Wildman–Crippen MR) is 111 cm³/mol. The summed E-state index contributed by atoms with van der Waals surface area (Å²) in [6.45, 7) is 3.32. The number of benzene rings is 1. The second-order valence-corrected chi connectivity index (χ2v) is 7.23. The molecule has 2 rings (SSSR count). The standard InChI is InChI=1S/C21H26N4O6/c1-12(2)31-21(29)16(8-7-14(26)11-24-22)25-20(28)17(27)9-13-10-23-15-5-4-6-18(30-3)19(13)15/h4-6,10-12,16-17,22-23,27H,7-9H2,1-3H3/p+1/t16-,17-/m0/s1. The monoisotopic (exact) mass is 431 g/mol. The third-order valence-electron chi connectivity index (χ3n) is 4.53. The fraction of sp³-hybridized carbons (Fsp3) is 0.429. The van der Waals surface area contributed by atoms with Crippen LogP contribution in [0.3, 0.4) is 0 Å². The van der Waals surface area contributed by atoms with E-state index < -0.39 is 35.9 Å². The number of hydrogen-bond donors (Lipinski definition) is 4. The molecule has 0 unspecified atom stereocenters. The molecule has 1 aromatic heterocycles. The number of ether oxygens (including phenoxy) is 2. The first kappa shape index (κ1) is 23.8. The number of aromatic nitrogens is 1. The van der Waals surface area contributed by atoms with Crippen LogP contribution in [0.25, 0.3) is 10.9 Å². The van der Waals surface area contributed by atoms with Gasteiger partial charge in [0.1, 0.15) is 17.9 Å². The Labute approximate surface area is 179 Å². The van der Waals surface area contributed by atoms with Crippen molar-refractivity contribution in [2.75, 3.05) is 7.11 Å². The van der Waals surface area contributed by atoms with Gasteiger partial charge >= 0.3 is 12.2 Å². The number of carbonyl (C=O) groups is 3. The van der Waals surface area contributed by atoms with Crippen LogP contribution in [-0.2, 0) is 25.5 Å². The number of nitrogens with zero attached hydrogens (tertiary/aromatic N) is 1. The first-order valence-corrected chi connectivity index (χ1v) is 9.81. The van der Waals surface area contributed by atoms with Crippen molar-refractivity contribution in [1.82, 2.24) is 10.3 Å². The van der Waals surface area contributed by atoms with Crippen LogP contribution < -0.4 is 10.1 Å². The second-order valence-electron chi connectivity index (χ2n) is 7.23. The summed E-state index contributed by atoms with van der Waals surface area (Å²) >= 11 is 0. The zero-order valence-electron chi connectivity index (χ0n) is 17.7. The molecule has 166 valence electrons. The lowest BCUT2D eigenvalue weighted by atomic mass is 10.0. The molecule has 0 aliphatic rings. The fourth-order valence-electron chi connectivity index (χ4n) is 3.11. The van der Waals surface area contributed by atoms with Crippen LogP contribution in [0.1, 0.15) is 32.3 Å². The van der Waals surface area contributed by atoms with Crippen molar-refractivity contribution < 1.29 is 33.8 Å². The van der Waals surface area contributed by atoms with Gasteiger partial charge in [-0.05, 0) is 38.0 Å². The number of aromatic amines is 1. The molecule has 0 saturated carbocycles. The first-order valence-electron chi connectivity index (χ1n) is 9.81. The molecule has 31 heavy (non-hydrogen) atoms. The average molecular weight is 431 g/mol. The Kier molecular flexibility index (Phi) is 8.48. The van der Waals surface area contributed by atoms with Gasteiger partial charge in [-0.15, -0.1) is 0 Å². The number of esters is 1. The number of Topliss-reactive ketones (excluding diaryl/α,β-unsaturated/α-hetero) is 1. The molecule has 1 heterocycles. The maximum atomic E-state index is 12.6. The second kappa shape index (κ2) is 11.1. The number of H-pyrrole nitrogens is 1. The highest BCUT2D eigenvalue weighted by atomic mass is 16.5. The van der Waals surface area contributed by atoms with E-state index in [0.29, 0.717) is 11.3 Å². The number of nitrogens with one attached hydrogen (secondary N) is 3. The fourth-order valence-corrected chi connectivity index (χ4v) is 3.11. The third kappa shape index (κ3) is 6.50. The van der Waals surface area contributed by atoms with Gasteiger partial charge in [-0.2, -0.15) is 0 Å². The highest BCUT2D eigenvalue weighted by Gasteiger charge is 2.28. The minimum atomic E-state index is -1.44. The van der Waals surface area contributed by atoms with Crippen LogP contribution in [0, 0.1) is 5.53 Å². The van der Waals surface area contributed by atoms with E-state index in [9.17, 15) is 19.5 Å². The maximum Gasteiger partial charge on any atom is 0.372 e. The summed E-state index contributed by atoms with van der Waals surface area (Å²) < 4.78 is 10.5. The van der Waals surface area contributed by atoms with E-state index in [1.54, 1.807) is 26.1 Å². The number of hydrogen-bond acceptors (Lipinski definition) is 7. The van der Waals surface area contributed by atoms with Gasteiger partial charge in [0.25, 0.3) is 0 Å². The normalized spacial score (nSPS) is 12.7. The molecule has 0 spiro atoms. The Bertz CT molecular complexity index is 993. The van der Waals surface area contributed by atoms with E-state index in [4.69, 9.17) is 15.0 Å². The van der Waals surface area contributed by atoms with Gasteiger partial charge in [0, 0.05) is 29.9 Å². The van der Waals surface area contributed by atoms with Crippen molar-refractivity contribution in [2.45, 2.75) is 51.4 Å². The van der Waals surface area contributed by atoms with Crippen LogP contribution >= 0.6 is 0 Å². The molecule has 0 saturated heterocycles. The SMILES string of the molecule is COc1cccc2[nH]cc(C[C@H](O)C(=O)N[C@@H](CCC(=O)C=[N+]=N)C(=O)OC(C)C)c12. The van der Waals surface area contributed by atoms with Crippen molar-refractivity contribution in [2.24, 2.45) is 0 Å². The Morgan fingerprint density at radius 1 is 1.32 bits per heavy atom. The van der Waals surface area contributed by atoms with Crippen LogP contribution in [0.4, 0.5) is 0 Å². The minimum Gasteiger partial charge on any atom is -0.496 e. The van der Waals surface area contributed by atoms with E-state index >= 15 is 0 Å². The molecular weight excluding hydrogens is 404 g/mol. The van der Waals surface area contributed by atoms with E-state index in [0.717, 1.165) is 17.1 Å².